The summed E-state index contributed by atoms with van der Waals surface area (Å²) in [4.78, 5) is 34.4. The van der Waals surface area contributed by atoms with Gasteiger partial charge >= 0.3 is 0 Å². The first-order valence-corrected chi connectivity index (χ1v) is 10.7. The average Bonchev–Trinajstić information content (AvgIpc) is 3.16. The molecule has 7 nitrogen and oxygen atoms in total. The van der Waals surface area contributed by atoms with Gasteiger partial charge < -0.3 is 19.4 Å². The van der Waals surface area contributed by atoms with Gasteiger partial charge in [-0.2, -0.15) is 0 Å². The van der Waals surface area contributed by atoms with Gasteiger partial charge in [0.15, 0.2) is 0 Å². The predicted octanol–water partition coefficient (Wildman–Crippen LogP) is 1.07. The van der Waals surface area contributed by atoms with Crippen LogP contribution >= 0.6 is 11.3 Å². The Morgan fingerprint density at radius 1 is 0.963 bits per heavy atom. The largest absolute Gasteiger partial charge is 0.492 e. The third-order valence-corrected chi connectivity index (χ3v) is 6.20. The Kier molecular flexibility index (Phi) is 7.09. The van der Waals surface area contributed by atoms with Gasteiger partial charge in [0, 0.05) is 52.4 Å². The van der Waals surface area contributed by atoms with Crippen molar-refractivity contribution in [2.75, 3.05) is 72.1 Å². The van der Waals surface area contributed by atoms with Crippen LogP contribution in [-0.2, 0) is 4.79 Å². The highest BCUT2D eigenvalue weighted by Crippen LogP contribution is 2.26. The maximum absolute atomic E-state index is 12.7. The van der Waals surface area contributed by atoms with Gasteiger partial charge in [0.25, 0.3) is 5.91 Å². The second kappa shape index (κ2) is 9.52. The molecular formula is C19H30N4O3S. The first kappa shape index (κ1) is 20.1. The van der Waals surface area contributed by atoms with E-state index in [1.165, 1.54) is 11.3 Å². The zero-order valence-corrected chi connectivity index (χ0v) is 17.2. The van der Waals surface area contributed by atoms with E-state index >= 15 is 0 Å². The normalized spacial score (nSPS) is 19.3. The molecule has 0 spiro atoms. The highest BCUT2D eigenvalue weighted by atomic mass is 32.1. The molecule has 2 saturated heterocycles. The van der Waals surface area contributed by atoms with Crippen LogP contribution in [-0.4, -0.2) is 103 Å². The lowest BCUT2D eigenvalue weighted by molar-refractivity contribution is -0.134. The second-order valence-corrected chi connectivity index (χ2v) is 7.85. The number of rotatable bonds is 6. The zero-order chi connectivity index (χ0) is 19.2. The summed E-state index contributed by atoms with van der Waals surface area (Å²) in [6.45, 7) is 12.5. The Morgan fingerprint density at radius 2 is 1.59 bits per heavy atom. The van der Waals surface area contributed by atoms with Gasteiger partial charge in [-0.05, 0) is 24.9 Å². The number of carbonyl (C=O) groups excluding carboxylic acids is 2. The summed E-state index contributed by atoms with van der Waals surface area (Å²) in [5, 5.41) is 1.89. The van der Waals surface area contributed by atoms with E-state index < -0.39 is 0 Å². The lowest BCUT2D eigenvalue weighted by Gasteiger charge is -2.37. The van der Waals surface area contributed by atoms with Crippen LogP contribution < -0.4 is 4.74 Å². The van der Waals surface area contributed by atoms with E-state index in [1.807, 2.05) is 28.2 Å². The minimum Gasteiger partial charge on any atom is -0.492 e. The Labute approximate surface area is 165 Å². The SMILES string of the molecule is CCOc1ccsc1C(=O)N1CCN(CC(=O)N2CCN(CC)CC2)CC1. The molecule has 0 aliphatic carbocycles. The third-order valence-electron chi connectivity index (χ3n) is 5.31. The van der Waals surface area contributed by atoms with Crippen molar-refractivity contribution >= 4 is 23.2 Å². The van der Waals surface area contributed by atoms with Gasteiger partial charge in [0.2, 0.25) is 5.91 Å². The third kappa shape index (κ3) is 5.00. The van der Waals surface area contributed by atoms with Gasteiger partial charge in [-0.1, -0.05) is 6.92 Å². The molecule has 2 fully saturated rings. The smallest absolute Gasteiger partial charge is 0.267 e. The molecule has 0 saturated carbocycles. The van der Waals surface area contributed by atoms with E-state index in [0.717, 1.165) is 45.8 Å². The van der Waals surface area contributed by atoms with Crippen LogP contribution in [0.2, 0.25) is 0 Å². The predicted molar refractivity (Wildman–Crippen MR) is 107 cm³/mol. The molecule has 8 heteroatoms. The molecule has 3 heterocycles. The quantitative estimate of drug-likeness (QED) is 0.722. The molecule has 0 atom stereocenters. The summed E-state index contributed by atoms with van der Waals surface area (Å²) in [6, 6.07) is 1.86. The van der Waals surface area contributed by atoms with Crippen molar-refractivity contribution < 1.29 is 14.3 Å². The maximum atomic E-state index is 12.7. The van der Waals surface area contributed by atoms with Crippen LogP contribution in [0.1, 0.15) is 23.5 Å². The minimum atomic E-state index is 0.0371. The van der Waals surface area contributed by atoms with Crippen molar-refractivity contribution in [3.63, 3.8) is 0 Å². The molecule has 2 aliphatic heterocycles. The lowest BCUT2D eigenvalue weighted by Crippen LogP contribution is -2.54. The fraction of sp³-hybridized carbons (Fsp3) is 0.684. The molecule has 0 unspecified atom stereocenters. The molecular weight excluding hydrogens is 364 g/mol. The molecule has 1 aromatic heterocycles. The molecule has 0 N–H and O–H groups in total. The fourth-order valence-electron chi connectivity index (χ4n) is 3.58. The maximum Gasteiger partial charge on any atom is 0.267 e. The van der Waals surface area contributed by atoms with Crippen molar-refractivity contribution in [3.8, 4) is 5.75 Å². The highest BCUT2D eigenvalue weighted by Gasteiger charge is 2.27. The van der Waals surface area contributed by atoms with Gasteiger partial charge in [-0.3, -0.25) is 14.5 Å². The van der Waals surface area contributed by atoms with E-state index in [1.54, 1.807) is 0 Å². The van der Waals surface area contributed by atoms with Gasteiger partial charge in [0.1, 0.15) is 10.6 Å². The first-order valence-electron chi connectivity index (χ1n) is 9.84. The zero-order valence-electron chi connectivity index (χ0n) is 16.4. The van der Waals surface area contributed by atoms with E-state index in [2.05, 4.69) is 16.7 Å². The number of nitrogens with zero attached hydrogens (tertiary/aromatic N) is 4. The van der Waals surface area contributed by atoms with Gasteiger partial charge in [0.05, 0.1) is 13.2 Å². The molecule has 2 aliphatic rings. The summed E-state index contributed by atoms with van der Waals surface area (Å²) in [7, 11) is 0. The molecule has 0 bridgehead atoms. The van der Waals surface area contributed by atoms with Crippen molar-refractivity contribution in [2.24, 2.45) is 0 Å². The summed E-state index contributed by atoms with van der Waals surface area (Å²) >= 11 is 1.43. The summed E-state index contributed by atoms with van der Waals surface area (Å²) in [6.07, 6.45) is 0. The van der Waals surface area contributed by atoms with Crippen molar-refractivity contribution in [1.29, 1.82) is 0 Å². The lowest BCUT2D eigenvalue weighted by atomic mass is 10.2. The van der Waals surface area contributed by atoms with Crippen LogP contribution in [0.15, 0.2) is 11.4 Å². The van der Waals surface area contributed by atoms with E-state index in [-0.39, 0.29) is 11.8 Å². The van der Waals surface area contributed by atoms with E-state index in [9.17, 15) is 9.59 Å². The molecule has 0 aromatic carbocycles. The summed E-state index contributed by atoms with van der Waals surface area (Å²) in [5.41, 5.74) is 0. The van der Waals surface area contributed by atoms with E-state index in [0.29, 0.717) is 36.9 Å². The van der Waals surface area contributed by atoms with Crippen molar-refractivity contribution in [3.05, 3.63) is 16.3 Å². The molecule has 3 rings (SSSR count). The molecule has 2 amide bonds. The number of hydrogen-bond acceptors (Lipinski definition) is 6. The number of piperazine rings is 2. The summed E-state index contributed by atoms with van der Waals surface area (Å²) < 4.78 is 5.54. The van der Waals surface area contributed by atoms with Crippen LogP contribution in [0, 0.1) is 0 Å². The molecule has 0 radical (unpaired) electrons. The van der Waals surface area contributed by atoms with Crippen LogP contribution in [0.4, 0.5) is 0 Å². The van der Waals surface area contributed by atoms with Gasteiger partial charge in [-0.25, -0.2) is 0 Å². The van der Waals surface area contributed by atoms with Crippen molar-refractivity contribution in [2.45, 2.75) is 13.8 Å². The average molecular weight is 395 g/mol. The second-order valence-electron chi connectivity index (χ2n) is 6.93. The summed E-state index contributed by atoms with van der Waals surface area (Å²) in [5.74, 6) is 0.925. The van der Waals surface area contributed by atoms with Crippen molar-refractivity contribution in [1.82, 2.24) is 19.6 Å². The topological polar surface area (TPSA) is 56.3 Å². The standard InChI is InChI=1S/C19H30N4O3S/c1-3-20-6-10-22(11-7-20)17(24)15-21-8-12-23(13-9-21)19(25)18-16(26-4-2)5-14-27-18/h5,14H,3-4,6-13,15H2,1-2H3. The number of thiophene rings is 1. The van der Waals surface area contributed by atoms with Crippen LogP contribution in [0.5, 0.6) is 5.75 Å². The van der Waals surface area contributed by atoms with Crippen LogP contribution in [0.3, 0.4) is 0 Å². The molecule has 150 valence electrons. The van der Waals surface area contributed by atoms with E-state index in [4.69, 9.17) is 4.74 Å². The Balaban J connectivity index is 1.45. The number of carbonyl (C=O) groups is 2. The number of ether oxygens (including phenoxy) is 1. The van der Waals surface area contributed by atoms with Crippen LogP contribution in [0.25, 0.3) is 0 Å². The Morgan fingerprint density at radius 3 is 2.22 bits per heavy atom. The highest BCUT2D eigenvalue weighted by molar-refractivity contribution is 7.12. The Bertz CT molecular complexity index is 635. The monoisotopic (exact) mass is 394 g/mol. The fourth-order valence-corrected chi connectivity index (χ4v) is 4.38. The molecule has 27 heavy (non-hydrogen) atoms. The van der Waals surface area contributed by atoms with Gasteiger partial charge in [-0.15, -0.1) is 11.3 Å². The number of amides is 2. The number of likely N-dealkylation sites (N-methyl/N-ethyl adjacent to an activating group) is 1. The molecule has 1 aromatic rings. The Hall–Kier alpha value is -1.64. The first-order chi connectivity index (χ1) is 13.1. The number of hydrogen-bond donors (Lipinski definition) is 0. The minimum absolute atomic E-state index is 0.0371.